The van der Waals surface area contributed by atoms with Crippen LogP contribution in [0.15, 0.2) is 36.7 Å². The van der Waals surface area contributed by atoms with Gasteiger partial charge in [0, 0.05) is 17.3 Å². The Balaban J connectivity index is 1.79. The van der Waals surface area contributed by atoms with Gasteiger partial charge < -0.3 is 5.43 Å². The number of aromatic nitrogens is 3. The summed E-state index contributed by atoms with van der Waals surface area (Å²) in [6.07, 6.45) is 10.5. The van der Waals surface area contributed by atoms with Crippen molar-refractivity contribution in [2.24, 2.45) is 5.92 Å². The van der Waals surface area contributed by atoms with Crippen molar-refractivity contribution in [3.05, 3.63) is 53.8 Å². The van der Waals surface area contributed by atoms with E-state index in [4.69, 9.17) is 4.98 Å². The first kappa shape index (κ1) is 18.9. The highest BCUT2D eigenvalue weighted by Gasteiger charge is 2.34. The highest BCUT2D eigenvalue weighted by molar-refractivity contribution is 7.19. The summed E-state index contributed by atoms with van der Waals surface area (Å²) >= 11 is 1.82. The van der Waals surface area contributed by atoms with Crippen molar-refractivity contribution < 1.29 is 0 Å². The fourth-order valence-electron chi connectivity index (χ4n) is 4.31. The Morgan fingerprint density at radius 3 is 2.57 bits per heavy atom. The molecule has 4 heterocycles. The van der Waals surface area contributed by atoms with Crippen LogP contribution in [0.5, 0.6) is 0 Å². The van der Waals surface area contributed by atoms with Gasteiger partial charge in [-0.3, -0.25) is 4.98 Å². The summed E-state index contributed by atoms with van der Waals surface area (Å²) in [6.45, 7) is 11.1. The summed E-state index contributed by atoms with van der Waals surface area (Å²) in [7, 11) is 0. The summed E-state index contributed by atoms with van der Waals surface area (Å²) in [5.74, 6) is 1.55. The molecular formula is C23H28N4S. The van der Waals surface area contributed by atoms with Crippen LogP contribution in [0, 0.1) is 19.8 Å². The number of nitrogens with one attached hydrogen (secondary N) is 1. The van der Waals surface area contributed by atoms with Crippen molar-refractivity contribution in [3.8, 4) is 21.0 Å². The lowest BCUT2D eigenvalue weighted by molar-refractivity contribution is 0.336. The van der Waals surface area contributed by atoms with Crippen molar-refractivity contribution in [3.63, 3.8) is 0 Å². The fraction of sp³-hybridized carbons (Fsp3) is 0.391. The minimum atomic E-state index is -0.0719. The Labute approximate surface area is 171 Å². The summed E-state index contributed by atoms with van der Waals surface area (Å²) in [4.78, 5) is 11.5. The van der Waals surface area contributed by atoms with Gasteiger partial charge in [0.2, 0.25) is 0 Å². The third-order valence-corrected chi connectivity index (χ3v) is 7.23. The summed E-state index contributed by atoms with van der Waals surface area (Å²) in [6, 6.07) is 6.41. The van der Waals surface area contributed by atoms with E-state index < -0.39 is 0 Å². The first-order valence-electron chi connectivity index (χ1n) is 10.0. The molecule has 0 saturated heterocycles. The highest BCUT2D eigenvalue weighted by atomic mass is 32.1. The summed E-state index contributed by atoms with van der Waals surface area (Å²) in [5, 5.41) is 0. The zero-order valence-electron chi connectivity index (χ0n) is 17.3. The van der Waals surface area contributed by atoms with Crippen LogP contribution >= 0.6 is 11.3 Å². The molecule has 3 aromatic rings. The van der Waals surface area contributed by atoms with E-state index in [-0.39, 0.29) is 5.54 Å². The number of nitrogens with zero attached hydrogens (tertiary/aromatic N) is 3. The fourth-order valence-corrected chi connectivity index (χ4v) is 5.57. The molecule has 28 heavy (non-hydrogen) atoms. The van der Waals surface area contributed by atoms with E-state index in [1.807, 2.05) is 23.7 Å². The standard InChI is InChI=1S/C23H28N4S/c1-6-18(7-2)23(5)11-8-20-25-16(4)21(27(20)26-23)22-15(3)14-19(28-22)17-9-12-24-13-10-17/h8-14,18,26H,6-7H2,1-5H3. The molecule has 0 saturated carbocycles. The summed E-state index contributed by atoms with van der Waals surface area (Å²) < 4.78 is 2.21. The molecule has 0 aromatic carbocycles. The van der Waals surface area contributed by atoms with Crippen molar-refractivity contribution >= 4 is 17.4 Å². The molecular weight excluding hydrogens is 364 g/mol. The quantitative estimate of drug-likeness (QED) is 0.574. The van der Waals surface area contributed by atoms with Crippen LogP contribution in [-0.2, 0) is 0 Å². The molecule has 1 atom stereocenters. The smallest absolute Gasteiger partial charge is 0.151 e. The SMILES string of the molecule is CCC(CC)C1(C)C=Cc2nc(C)c(-c3sc(-c4ccncc4)cc3C)n2N1. The molecule has 0 bridgehead atoms. The topological polar surface area (TPSA) is 42.7 Å². The molecule has 1 aliphatic rings. The van der Waals surface area contributed by atoms with E-state index in [2.05, 4.69) is 80.1 Å². The maximum atomic E-state index is 4.84. The molecule has 1 unspecified atom stereocenters. The lowest BCUT2D eigenvalue weighted by atomic mass is 9.81. The molecule has 0 radical (unpaired) electrons. The lowest BCUT2D eigenvalue weighted by Crippen LogP contribution is -2.47. The third-order valence-electron chi connectivity index (χ3n) is 5.94. The Bertz CT molecular complexity index is 1010. The van der Waals surface area contributed by atoms with Crippen LogP contribution in [0.2, 0.25) is 0 Å². The van der Waals surface area contributed by atoms with Crippen molar-refractivity contribution in [1.82, 2.24) is 14.6 Å². The number of hydrogen-bond donors (Lipinski definition) is 1. The molecule has 5 heteroatoms. The Morgan fingerprint density at radius 2 is 1.89 bits per heavy atom. The highest BCUT2D eigenvalue weighted by Crippen LogP contribution is 2.41. The number of fused-ring (bicyclic) bond motifs is 1. The molecule has 0 spiro atoms. The normalized spacial score (nSPS) is 18.4. The average molecular weight is 393 g/mol. The van der Waals surface area contributed by atoms with Gasteiger partial charge in [0.1, 0.15) is 5.69 Å². The number of hydrogen-bond acceptors (Lipinski definition) is 4. The maximum Gasteiger partial charge on any atom is 0.151 e. The minimum Gasteiger partial charge on any atom is -0.314 e. The van der Waals surface area contributed by atoms with Crippen LogP contribution in [0.3, 0.4) is 0 Å². The molecule has 4 nitrogen and oxygen atoms in total. The van der Waals surface area contributed by atoms with Crippen molar-refractivity contribution in [1.29, 1.82) is 0 Å². The molecule has 4 rings (SSSR count). The zero-order valence-corrected chi connectivity index (χ0v) is 18.1. The summed E-state index contributed by atoms with van der Waals surface area (Å²) in [5.41, 5.74) is 8.46. The van der Waals surface area contributed by atoms with Gasteiger partial charge in [-0.15, -0.1) is 11.3 Å². The number of imidazole rings is 1. The number of aryl methyl sites for hydroxylation is 2. The molecule has 3 aromatic heterocycles. The average Bonchev–Trinajstić information content (AvgIpc) is 3.22. The Hall–Kier alpha value is -2.40. The first-order chi connectivity index (χ1) is 13.5. The molecule has 146 valence electrons. The zero-order chi connectivity index (χ0) is 19.9. The van der Waals surface area contributed by atoms with Gasteiger partial charge in [-0.2, -0.15) is 0 Å². The molecule has 0 aliphatic carbocycles. The molecule has 1 N–H and O–H groups in total. The van der Waals surface area contributed by atoms with Crippen LogP contribution in [0.4, 0.5) is 0 Å². The second kappa shape index (κ2) is 7.21. The lowest BCUT2D eigenvalue weighted by Gasteiger charge is -2.39. The van der Waals surface area contributed by atoms with E-state index in [0.29, 0.717) is 5.92 Å². The van der Waals surface area contributed by atoms with Gasteiger partial charge in [-0.05, 0) is 62.1 Å². The van der Waals surface area contributed by atoms with E-state index >= 15 is 0 Å². The Kier molecular flexibility index (Phi) is 4.88. The predicted octanol–water partition coefficient (Wildman–Crippen LogP) is 6.06. The van der Waals surface area contributed by atoms with E-state index in [9.17, 15) is 0 Å². The van der Waals surface area contributed by atoms with E-state index in [1.165, 1.54) is 26.6 Å². The van der Waals surface area contributed by atoms with Gasteiger partial charge in [0.25, 0.3) is 0 Å². The van der Waals surface area contributed by atoms with Crippen LogP contribution in [-0.4, -0.2) is 20.2 Å². The predicted molar refractivity (Wildman–Crippen MR) is 119 cm³/mol. The van der Waals surface area contributed by atoms with Gasteiger partial charge in [-0.1, -0.05) is 32.8 Å². The third kappa shape index (κ3) is 3.08. The van der Waals surface area contributed by atoms with Gasteiger partial charge in [-0.25, -0.2) is 9.66 Å². The van der Waals surface area contributed by atoms with Crippen LogP contribution in [0.25, 0.3) is 27.1 Å². The van der Waals surface area contributed by atoms with Crippen LogP contribution in [0.1, 0.15) is 50.7 Å². The largest absolute Gasteiger partial charge is 0.314 e. The number of pyridine rings is 1. The van der Waals surface area contributed by atoms with Crippen molar-refractivity contribution in [2.75, 3.05) is 5.43 Å². The Morgan fingerprint density at radius 1 is 1.18 bits per heavy atom. The second-order valence-corrected chi connectivity index (χ2v) is 8.89. The van der Waals surface area contributed by atoms with Crippen LogP contribution < -0.4 is 5.43 Å². The number of rotatable bonds is 5. The number of thiophene rings is 1. The van der Waals surface area contributed by atoms with E-state index in [0.717, 1.165) is 24.4 Å². The van der Waals surface area contributed by atoms with Crippen molar-refractivity contribution in [2.45, 2.75) is 53.0 Å². The monoisotopic (exact) mass is 392 g/mol. The molecule has 0 amide bonds. The second-order valence-electron chi connectivity index (χ2n) is 7.84. The first-order valence-corrected chi connectivity index (χ1v) is 10.9. The maximum absolute atomic E-state index is 4.84. The minimum absolute atomic E-state index is 0.0719. The van der Waals surface area contributed by atoms with Gasteiger partial charge in [0.05, 0.1) is 16.1 Å². The van der Waals surface area contributed by atoms with Gasteiger partial charge >= 0.3 is 0 Å². The van der Waals surface area contributed by atoms with E-state index in [1.54, 1.807) is 0 Å². The van der Waals surface area contributed by atoms with Gasteiger partial charge in [0.15, 0.2) is 5.82 Å². The molecule has 1 aliphatic heterocycles. The molecule has 0 fully saturated rings.